The van der Waals surface area contributed by atoms with Gasteiger partial charge in [0.05, 0.1) is 11.8 Å². The van der Waals surface area contributed by atoms with Crippen molar-refractivity contribution in [1.82, 2.24) is 5.32 Å². The molecule has 0 spiro atoms. The number of amides is 1. The van der Waals surface area contributed by atoms with Crippen molar-refractivity contribution in [3.63, 3.8) is 0 Å². The summed E-state index contributed by atoms with van der Waals surface area (Å²) in [4.78, 5) is 11.6. The highest BCUT2D eigenvalue weighted by atomic mass is 19.4. The highest BCUT2D eigenvalue weighted by Gasteiger charge is 2.30. The summed E-state index contributed by atoms with van der Waals surface area (Å²) in [5.74, 6) is 0.466. The Bertz CT molecular complexity index is 591. The average Bonchev–Trinajstić information content (AvgIpc) is 2.95. The molecule has 3 nitrogen and oxygen atoms in total. The van der Waals surface area contributed by atoms with Crippen LogP contribution in [0.4, 0.5) is 13.2 Å². The number of aryl methyl sites for hydroxylation is 1. The van der Waals surface area contributed by atoms with Gasteiger partial charge in [-0.1, -0.05) is 12.1 Å². The smallest absolute Gasteiger partial charge is 0.416 e. The molecule has 1 aromatic heterocycles. The van der Waals surface area contributed by atoms with Gasteiger partial charge < -0.3 is 9.73 Å². The van der Waals surface area contributed by atoms with Crippen LogP contribution in [0.25, 0.3) is 0 Å². The van der Waals surface area contributed by atoms with Crippen molar-refractivity contribution < 1.29 is 22.4 Å². The number of carbonyl (C=O) groups excluding carboxylic acids is 1. The van der Waals surface area contributed by atoms with Crippen LogP contribution in [-0.2, 0) is 23.9 Å². The van der Waals surface area contributed by atoms with Gasteiger partial charge in [0.15, 0.2) is 0 Å². The van der Waals surface area contributed by atoms with Gasteiger partial charge in [-0.15, -0.1) is 0 Å². The normalized spacial score (nSPS) is 11.4. The fourth-order valence-corrected chi connectivity index (χ4v) is 1.84. The van der Waals surface area contributed by atoms with Crippen molar-refractivity contribution in [2.75, 3.05) is 0 Å². The van der Waals surface area contributed by atoms with Crippen molar-refractivity contribution >= 4 is 5.91 Å². The van der Waals surface area contributed by atoms with E-state index in [1.165, 1.54) is 12.3 Å². The molecule has 0 aliphatic carbocycles. The Hall–Kier alpha value is -2.24. The fraction of sp³-hybridized carbons (Fsp3) is 0.267. The molecule has 0 radical (unpaired) electrons. The van der Waals surface area contributed by atoms with E-state index >= 15 is 0 Å². The molecule has 1 aromatic carbocycles. The third-order valence-corrected chi connectivity index (χ3v) is 2.92. The van der Waals surface area contributed by atoms with Gasteiger partial charge in [0.2, 0.25) is 5.91 Å². The molecule has 0 unspecified atom stereocenters. The topological polar surface area (TPSA) is 42.2 Å². The second-order valence-electron chi connectivity index (χ2n) is 4.55. The standard InChI is InChI=1S/C15H14F3NO2/c16-15(17,18)12-4-1-3-11(9-12)10-19-14(20)7-6-13-5-2-8-21-13/h1-5,8-9H,6-7,10H2,(H,19,20). The van der Waals surface area contributed by atoms with Gasteiger partial charge in [-0.25, -0.2) is 0 Å². The summed E-state index contributed by atoms with van der Waals surface area (Å²) in [6.45, 7) is 0.0703. The number of carbonyl (C=O) groups is 1. The summed E-state index contributed by atoms with van der Waals surface area (Å²) >= 11 is 0. The molecule has 2 aromatic rings. The summed E-state index contributed by atoms with van der Waals surface area (Å²) < 4.78 is 42.7. The zero-order valence-corrected chi connectivity index (χ0v) is 11.1. The molecule has 2 rings (SSSR count). The fourth-order valence-electron chi connectivity index (χ4n) is 1.84. The van der Waals surface area contributed by atoms with E-state index in [9.17, 15) is 18.0 Å². The van der Waals surface area contributed by atoms with Crippen molar-refractivity contribution in [3.05, 3.63) is 59.5 Å². The van der Waals surface area contributed by atoms with Gasteiger partial charge >= 0.3 is 6.18 Å². The monoisotopic (exact) mass is 297 g/mol. The van der Waals surface area contributed by atoms with E-state index in [-0.39, 0.29) is 18.9 Å². The summed E-state index contributed by atoms with van der Waals surface area (Å²) in [5, 5.41) is 2.59. The largest absolute Gasteiger partial charge is 0.469 e. The molecule has 0 saturated heterocycles. The third-order valence-electron chi connectivity index (χ3n) is 2.92. The van der Waals surface area contributed by atoms with E-state index in [1.54, 1.807) is 18.2 Å². The molecule has 0 aliphatic rings. The van der Waals surface area contributed by atoms with E-state index in [4.69, 9.17) is 4.42 Å². The van der Waals surface area contributed by atoms with Crippen LogP contribution < -0.4 is 5.32 Å². The van der Waals surface area contributed by atoms with Crippen molar-refractivity contribution in [3.8, 4) is 0 Å². The molecule has 0 atom stereocenters. The van der Waals surface area contributed by atoms with Crippen LogP contribution in [0.2, 0.25) is 0 Å². The molecular weight excluding hydrogens is 283 g/mol. The predicted octanol–water partition coefficient (Wildman–Crippen LogP) is 3.55. The quantitative estimate of drug-likeness (QED) is 0.917. The molecule has 0 bridgehead atoms. The molecule has 21 heavy (non-hydrogen) atoms. The summed E-state index contributed by atoms with van der Waals surface area (Å²) in [6.07, 6.45) is -2.16. The first kappa shape index (κ1) is 15.2. The maximum Gasteiger partial charge on any atom is 0.416 e. The Morgan fingerprint density at radius 3 is 2.67 bits per heavy atom. The first-order valence-corrected chi connectivity index (χ1v) is 6.40. The highest BCUT2D eigenvalue weighted by Crippen LogP contribution is 2.29. The molecule has 0 fully saturated rings. The molecule has 1 amide bonds. The number of furan rings is 1. The number of halogens is 3. The molecular formula is C15H14F3NO2. The second kappa shape index (κ2) is 6.47. The van der Waals surface area contributed by atoms with E-state index in [2.05, 4.69) is 5.32 Å². The Morgan fingerprint density at radius 1 is 1.19 bits per heavy atom. The van der Waals surface area contributed by atoms with Gasteiger partial charge in [-0.05, 0) is 29.8 Å². The SMILES string of the molecule is O=C(CCc1ccco1)NCc1cccc(C(F)(F)F)c1. The van der Waals surface area contributed by atoms with Crippen molar-refractivity contribution in [2.45, 2.75) is 25.6 Å². The zero-order chi connectivity index (χ0) is 15.3. The molecule has 6 heteroatoms. The van der Waals surface area contributed by atoms with Crippen LogP contribution in [0.3, 0.4) is 0 Å². The first-order valence-electron chi connectivity index (χ1n) is 6.40. The average molecular weight is 297 g/mol. The Kier molecular flexibility index (Phi) is 4.67. The predicted molar refractivity (Wildman–Crippen MR) is 70.3 cm³/mol. The minimum absolute atomic E-state index is 0.0703. The highest BCUT2D eigenvalue weighted by molar-refractivity contribution is 5.76. The number of benzene rings is 1. The lowest BCUT2D eigenvalue weighted by Gasteiger charge is -2.09. The minimum Gasteiger partial charge on any atom is -0.469 e. The number of hydrogen-bond acceptors (Lipinski definition) is 2. The molecule has 0 aliphatic heterocycles. The number of rotatable bonds is 5. The van der Waals surface area contributed by atoms with E-state index in [1.807, 2.05) is 0 Å². The lowest BCUT2D eigenvalue weighted by atomic mass is 10.1. The van der Waals surface area contributed by atoms with Gasteiger partial charge in [-0.2, -0.15) is 13.2 Å². The summed E-state index contributed by atoms with van der Waals surface area (Å²) in [5.41, 5.74) is -0.305. The van der Waals surface area contributed by atoms with E-state index < -0.39 is 11.7 Å². The Balaban J connectivity index is 1.83. The van der Waals surface area contributed by atoms with Crippen LogP contribution >= 0.6 is 0 Å². The Labute approximate surface area is 119 Å². The maximum atomic E-state index is 12.5. The van der Waals surface area contributed by atoms with Gasteiger partial charge in [0.1, 0.15) is 5.76 Å². The third kappa shape index (κ3) is 4.66. The van der Waals surface area contributed by atoms with Gasteiger partial charge in [-0.3, -0.25) is 4.79 Å². The second-order valence-corrected chi connectivity index (χ2v) is 4.55. The zero-order valence-electron chi connectivity index (χ0n) is 11.1. The summed E-state index contributed by atoms with van der Waals surface area (Å²) in [7, 11) is 0. The van der Waals surface area contributed by atoms with Crippen LogP contribution in [0.15, 0.2) is 47.1 Å². The molecule has 1 heterocycles. The van der Waals surface area contributed by atoms with Gasteiger partial charge in [0, 0.05) is 19.4 Å². The summed E-state index contributed by atoms with van der Waals surface area (Å²) in [6, 6.07) is 8.40. The molecule has 0 saturated carbocycles. The maximum absolute atomic E-state index is 12.5. The minimum atomic E-state index is -4.38. The van der Waals surface area contributed by atoms with E-state index in [0.717, 1.165) is 12.1 Å². The van der Waals surface area contributed by atoms with E-state index in [0.29, 0.717) is 17.7 Å². The number of nitrogens with one attached hydrogen (secondary N) is 1. The lowest BCUT2D eigenvalue weighted by Crippen LogP contribution is -2.23. The first-order chi connectivity index (χ1) is 9.95. The molecule has 1 N–H and O–H groups in total. The van der Waals surface area contributed by atoms with Crippen LogP contribution in [-0.4, -0.2) is 5.91 Å². The van der Waals surface area contributed by atoms with Crippen LogP contribution in [0, 0.1) is 0 Å². The number of alkyl halides is 3. The number of hydrogen-bond donors (Lipinski definition) is 1. The lowest BCUT2D eigenvalue weighted by molar-refractivity contribution is -0.137. The van der Waals surface area contributed by atoms with Crippen molar-refractivity contribution in [1.29, 1.82) is 0 Å². The molecule has 112 valence electrons. The van der Waals surface area contributed by atoms with Crippen LogP contribution in [0.5, 0.6) is 0 Å². The van der Waals surface area contributed by atoms with Crippen molar-refractivity contribution in [2.24, 2.45) is 0 Å². The van der Waals surface area contributed by atoms with Gasteiger partial charge in [0.25, 0.3) is 0 Å². The van der Waals surface area contributed by atoms with Crippen LogP contribution in [0.1, 0.15) is 23.3 Å². The Morgan fingerprint density at radius 2 is 2.00 bits per heavy atom.